The summed E-state index contributed by atoms with van der Waals surface area (Å²) >= 11 is 0. The van der Waals surface area contributed by atoms with Crippen LogP contribution in [0.5, 0.6) is 0 Å². The molecule has 0 radical (unpaired) electrons. The summed E-state index contributed by atoms with van der Waals surface area (Å²) < 4.78 is 14.5. The van der Waals surface area contributed by atoms with E-state index < -0.39 is 25.2 Å². The fourth-order valence-corrected chi connectivity index (χ4v) is 18.9. The lowest BCUT2D eigenvalue weighted by Crippen LogP contribution is -2.68. The van der Waals surface area contributed by atoms with Crippen molar-refractivity contribution >= 4 is 45.9 Å². The van der Waals surface area contributed by atoms with Crippen LogP contribution in [0.25, 0.3) is 0 Å². The molecule has 0 aliphatic rings. The quantitative estimate of drug-likeness (QED) is 0.343. The maximum absolute atomic E-state index is 7.23. The molecule has 0 heterocycles. The Labute approximate surface area is 201 Å². The first-order chi connectivity index (χ1) is 15.8. The van der Waals surface area contributed by atoms with Crippen LogP contribution in [-0.2, 0) is 8.23 Å². The zero-order chi connectivity index (χ0) is 23.4. The fraction of sp³-hybridized carbons (Fsp3) is 0.143. The molecule has 0 saturated carbocycles. The highest BCUT2D eigenvalue weighted by molar-refractivity contribution is 7.04. The summed E-state index contributed by atoms with van der Waals surface area (Å²) in [6, 6.07) is 42.7. The zero-order valence-electron chi connectivity index (χ0n) is 19.9. The summed E-state index contributed by atoms with van der Waals surface area (Å²) in [5.74, 6) is 0. The maximum Gasteiger partial charge on any atom is 0.312 e. The van der Waals surface area contributed by atoms with Gasteiger partial charge in [-0.25, -0.2) is 0 Å². The van der Waals surface area contributed by atoms with Gasteiger partial charge >= 0.3 is 8.56 Å². The molecule has 0 saturated heterocycles. The lowest BCUT2D eigenvalue weighted by atomic mass is 10.4. The number of hydrogen-bond donors (Lipinski definition) is 0. The van der Waals surface area contributed by atoms with Crippen molar-refractivity contribution in [1.82, 2.24) is 0 Å². The molecule has 4 aromatic rings. The monoisotopic (exact) mass is 484 g/mol. The summed E-state index contributed by atoms with van der Waals surface area (Å²) in [6.07, 6.45) is 0. The van der Waals surface area contributed by atoms with E-state index in [1.807, 2.05) is 0 Å². The second-order valence-corrected chi connectivity index (χ2v) is 20.0. The van der Waals surface area contributed by atoms with Gasteiger partial charge in [0.1, 0.15) is 0 Å². The molecule has 0 amide bonds. The van der Waals surface area contributed by atoms with Gasteiger partial charge in [0.2, 0.25) is 16.6 Å². The van der Waals surface area contributed by atoms with Gasteiger partial charge in [0, 0.05) is 0 Å². The van der Waals surface area contributed by atoms with Gasteiger partial charge in [-0.2, -0.15) is 0 Å². The van der Waals surface area contributed by atoms with Crippen molar-refractivity contribution in [1.29, 1.82) is 0 Å². The lowest BCUT2D eigenvalue weighted by Gasteiger charge is -2.42. The summed E-state index contributed by atoms with van der Waals surface area (Å²) in [5.41, 5.74) is 0. The van der Waals surface area contributed by atoms with Crippen LogP contribution in [0.1, 0.15) is 0 Å². The first kappa shape index (κ1) is 23.6. The minimum atomic E-state index is -2.58. The van der Waals surface area contributed by atoms with Crippen LogP contribution in [0.4, 0.5) is 0 Å². The second-order valence-electron chi connectivity index (χ2n) is 9.13. The van der Waals surface area contributed by atoms with Crippen molar-refractivity contribution in [3.05, 3.63) is 121 Å². The molecule has 4 aromatic carbocycles. The molecule has 33 heavy (non-hydrogen) atoms. The standard InChI is InChI=1S/C28H32O2Si3/c1-31(2,29-32(3,25-17-9-5-10-18-25)26-19-11-6-12-20-26)30-33(4,27-21-13-7-14-22-27)28-23-15-8-16-24-28/h5-24H,1-4H3. The number of rotatable bonds is 8. The van der Waals surface area contributed by atoms with E-state index in [4.69, 9.17) is 8.23 Å². The molecule has 0 atom stereocenters. The predicted molar refractivity (Wildman–Crippen MR) is 147 cm³/mol. The average Bonchev–Trinajstić information content (AvgIpc) is 2.85. The van der Waals surface area contributed by atoms with E-state index >= 15 is 0 Å². The van der Waals surface area contributed by atoms with E-state index in [-0.39, 0.29) is 0 Å². The molecule has 168 valence electrons. The van der Waals surface area contributed by atoms with Crippen LogP contribution in [0.15, 0.2) is 121 Å². The van der Waals surface area contributed by atoms with Gasteiger partial charge in [-0.05, 0) is 46.9 Å². The minimum absolute atomic E-state index is 1.27. The van der Waals surface area contributed by atoms with Gasteiger partial charge in [0.15, 0.2) is 0 Å². The Balaban J connectivity index is 1.75. The van der Waals surface area contributed by atoms with E-state index in [0.29, 0.717) is 0 Å². The smallest absolute Gasteiger partial charge is 0.312 e. The van der Waals surface area contributed by atoms with Crippen LogP contribution in [0, 0.1) is 0 Å². The number of benzene rings is 4. The van der Waals surface area contributed by atoms with E-state index in [9.17, 15) is 0 Å². The molecule has 0 N–H and O–H groups in total. The molecular weight excluding hydrogens is 453 g/mol. The molecular formula is C28H32O2Si3. The van der Waals surface area contributed by atoms with Gasteiger partial charge in [-0.15, -0.1) is 0 Å². The van der Waals surface area contributed by atoms with Crippen molar-refractivity contribution in [2.24, 2.45) is 0 Å². The van der Waals surface area contributed by atoms with Gasteiger partial charge in [0.25, 0.3) is 0 Å². The minimum Gasteiger partial charge on any atom is -0.429 e. The zero-order valence-corrected chi connectivity index (χ0v) is 22.9. The third kappa shape index (κ3) is 5.18. The van der Waals surface area contributed by atoms with Crippen LogP contribution < -0.4 is 20.7 Å². The van der Waals surface area contributed by atoms with Crippen molar-refractivity contribution in [3.8, 4) is 0 Å². The van der Waals surface area contributed by atoms with Gasteiger partial charge in [-0.1, -0.05) is 121 Å². The Morgan fingerprint density at radius 3 is 0.788 bits per heavy atom. The van der Waals surface area contributed by atoms with E-state index in [0.717, 1.165) is 0 Å². The molecule has 2 nitrogen and oxygen atoms in total. The number of hydrogen-bond acceptors (Lipinski definition) is 2. The second kappa shape index (κ2) is 9.75. The highest BCUT2D eigenvalue weighted by Gasteiger charge is 2.46. The van der Waals surface area contributed by atoms with E-state index in [2.05, 4.69) is 148 Å². The molecule has 0 aromatic heterocycles. The van der Waals surface area contributed by atoms with E-state index in [1.165, 1.54) is 20.7 Å². The normalized spacial score (nSPS) is 12.5. The average molecular weight is 485 g/mol. The molecule has 0 aliphatic carbocycles. The molecule has 0 bridgehead atoms. The van der Waals surface area contributed by atoms with Gasteiger partial charge < -0.3 is 8.23 Å². The largest absolute Gasteiger partial charge is 0.429 e. The Bertz CT molecular complexity index is 979. The van der Waals surface area contributed by atoms with Crippen LogP contribution >= 0.6 is 0 Å². The summed E-state index contributed by atoms with van der Waals surface area (Å²) in [4.78, 5) is 0. The first-order valence-corrected chi connectivity index (χ1v) is 19.1. The predicted octanol–water partition coefficient (Wildman–Crippen LogP) is 4.50. The van der Waals surface area contributed by atoms with Crippen molar-refractivity contribution in [2.75, 3.05) is 0 Å². The molecule has 0 unspecified atom stereocenters. The Morgan fingerprint density at radius 2 is 0.576 bits per heavy atom. The fourth-order valence-electron chi connectivity index (χ4n) is 4.60. The Hall–Kier alpha value is -2.55. The SMILES string of the molecule is C[Si](C)(O[Si](C)(c1ccccc1)c1ccccc1)O[Si](C)(c1ccccc1)c1ccccc1. The Kier molecular flexibility index (Phi) is 6.97. The van der Waals surface area contributed by atoms with E-state index in [1.54, 1.807) is 0 Å². The highest BCUT2D eigenvalue weighted by atomic mass is 28.5. The van der Waals surface area contributed by atoms with Crippen molar-refractivity contribution in [3.63, 3.8) is 0 Å². The first-order valence-electron chi connectivity index (χ1n) is 11.5. The van der Waals surface area contributed by atoms with Crippen LogP contribution in [0.2, 0.25) is 26.2 Å². The Morgan fingerprint density at radius 1 is 0.364 bits per heavy atom. The summed E-state index contributed by atoms with van der Waals surface area (Å²) in [7, 11) is -7.54. The topological polar surface area (TPSA) is 18.5 Å². The maximum atomic E-state index is 7.23. The van der Waals surface area contributed by atoms with Crippen molar-refractivity contribution < 1.29 is 8.23 Å². The molecule has 0 fully saturated rings. The van der Waals surface area contributed by atoms with Crippen LogP contribution in [0.3, 0.4) is 0 Å². The highest BCUT2D eigenvalue weighted by Crippen LogP contribution is 2.21. The van der Waals surface area contributed by atoms with Crippen molar-refractivity contribution in [2.45, 2.75) is 26.2 Å². The molecule has 0 aliphatic heterocycles. The molecule has 5 heteroatoms. The molecule has 0 spiro atoms. The molecule has 4 rings (SSSR count). The lowest BCUT2D eigenvalue weighted by molar-refractivity contribution is 0.406. The van der Waals surface area contributed by atoms with Gasteiger partial charge in [-0.3, -0.25) is 0 Å². The summed E-state index contributed by atoms with van der Waals surface area (Å²) in [6.45, 7) is 9.03. The summed E-state index contributed by atoms with van der Waals surface area (Å²) in [5, 5.41) is 5.07. The van der Waals surface area contributed by atoms with Gasteiger partial charge in [0.05, 0.1) is 0 Å². The third-order valence-corrected chi connectivity index (χ3v) is 19.1. The van der Waals surface area contributed by atoms with Crippen LogP contribution in [-0.4, -0.2) is 25.2 Å². The third-order valence-electron chi connectivity index (χ3n) is 6.20.